The smallest absolute Gasteiger partial charge is 0.179 e. The Labute approximate surface area is 106 Å². The van der Waals surface area contributed by atoms with Crippen LogP contribution in [-0.2, 0) is 0 Å². The van der Waals surface area contributed by atoms with Gasteiger partial charge in [-0.25, -0.2) is 15.0 Å². The predicted molar refractivity (Wildman–Crippen MR) is 64.9 cm³/mol. The lowest BCUT2D eigenvalue weighted by atomic mass is 10.4. The highest BCUT2D eigenvalue weighted by molar-refractivity contribution is 6.41. The molecule has 3 rings (SSSR count). The van der Waals surface area contributed by atoms with E-state index in [1.54, 1.807) is 24.7 Å². The Morgan fingerprint density at radius 1 is 1.12 bits per heavy atom. The zero-order valence-electron chi connectivity index (χ0n) is 8.35. The normalized spacial score (nSPS) is 10.9. The van der Waals surface area contributed by atoms with Crippen LogP contribution in [0.15, 0.2) is 24.7 Å². The standard InChI is InChI=1S/C10H5Cl2N5/c11-5-3-6-9(16-8(5)12)17-10(15-6)7-4-13-1-2-14-7/h1-4H,(H,15,16,17). The Bertz CT molecular complexity index is 641. The van der Waals surface area contributed by atoms with Gasteiger partial charge in [-0.15, -0.1) is 0 Å². The number of imidazole rings is 1. The van der Waals surface area contributed by atoms with Crippen molar-refractivity contribution in [2.45, 2.75) is 0 Å². The zero-order chi connectivity index (χ0) is 11.8. The molecule has 17 heavy (non-hydrogen) atoms. The van der Waals surface area contributed by atoms with E-state index in [0.29, 0.717) is 27.7 Å². The van der Waals surface area contributed by atoms with E-state index in [9.17, 15) is 0 Å². The molecule has 0 aliphatic heterocycles. The number of rotatable bonds is 1. The van der Waals surface area contributed by atoms with Gasteiger partial charge in [-0.2, -0.15) is 0 Å². The summed E-state index contributed by atoms with van der Waals surface area (Å²) in [7, 11) is 0. The van der Waals surface area contributed by atoms with Crippen LogP contribution in [0.25, 0.3) is 22.7 Å². The Morgan fingerprint density at radius 3 is 2.76 bits per heavy atom. The maximum Gasteiger partial charge on any atom is 0.179 e. The van der Waals surface area contributed by atoms with Gasteiger partial charge in [0.15, 0.2) is 11.5 Å². The first kappa shape index (κ1) is 10.4. The highest BCUT2D eigenvalue weighted by Crippen LogP contribution is 2.25. The highest BCUT2D eigenvalue weighted by atomic mass is 35.5. The molecule has 84 valence electrons. The second-order valence-electron chi connectivity index (χ2n) is 3.31. The maximum atomic E-state index is 5.87. The second kappa shape index (κ2) is 3.94. The molecule has 0 aromatic carbocycles. The van der Waals surface area contributed by atoms with Crippen LogP contribution in [0.3, 0.4) is 0 Å². The Morgan fingerprint density at radius 2 is 2.00 bits per heavy atom. The first-order valence-electron chi connectivity index (χ1n) is 4.72. The molecule has 3 aromatic rings. The van der Waals surface area contributed by atoms with Crippen molar-refractivity contribution >= 4 is 34.4 Å². The zero-order valence-corrected chi connectivity index (χ0v) is 9.87. The van der Waals surface area contributed by atoms with Crippen molar-refractivity contribution in [3.63, 3.8) is 0 Å². The van der Waals surface area contributed by atoms with Gasteiger partial charge in [-0.3, -0.25) is 4.98 Å². The molecule has 0 fully saturated rings. The van der Waals surface area contributed by atoms with Crippen LogP contribution >= 0.6 is 23.2 Å². The van der Waals surface area contributed by atoms with Crippen molar-refractivity contribution in [2.75, 3.05) is 0 Å². The first-order chi connectivity index (χ1) is 8.24. The van der Waals surface area contributed by atoms with Gasteiger partial charge in [0.1, 0.15) is 10.8 Å². The van der Waals surface area contributed by atoms with Crippen LogP contribution in [-0.4, -0.2) is 24.9 Å². The number of hydrogen-bond acceptors (Lipinski definition) is 4. The van der Waals surface area contributed by atoms with Gasteiger partial charge in [0, 0.05) is 12.4 Å². The Hall–Kier alpha value is -1.72. The number of H-pyrrole nitrogens is 1. The predicted octanol–water partition coefficient (Wildman–Crippen LogP) is 2.72. The summed E-state index contributed by atoms with van der Waals surface area (Å²) in [6.45, 7) is 0. The highest BCUT2D eigenvalue weighted by Gasteiger charge is 2.10. The topological polar surface area (TPSA) is 67.3 Å². The molecule has 0 amide bonds. The summed E-state index contributed by atoms with van der Waals surface area (Å²) < 4.78 is 0. The SMILES string of the molecule is Clc1cc2[nH]c(-c3cnccn3)nc2nc1Cl. The van der Waals surface area contributed by atoms with Crippen molar-refractivity contribution in [2.24, 2.45) is 0 Å². The number of nitrogens with zero attached hydrogens (tertiary/aromatic N) is 4. The lowest BCUT2D eigenvalue weighted by Crippen LogP contribution is -1.85. The maximum absolute atomic E-state index is 5.87. The lowest BCUT2D eigenvalue weighted by Gasteiger charge is -1.92. The molecule has 0 aliphatic rings. The number of fused-ring (bicyclic) bond motifs is 1. The number of hydrogen-bond donors (Lipinski definition) is 1. The van der Waals surface area contributed by atoms with Crippen molar-refractivity contribution < 1.29 is 0 Å². The number of pyridine rings is 1. The van der Waals surface area contributed by atoms with E-state index in [0.717, 1.165) is 0 Å². The van der Waals surface area contributed by atoms with E-state index in [1.807, 2.05) is 0 Å². The first-order valence-corrected chi connectivity index (χ1v) is 5.48. The summed E-state index contributed by atoms with van der Waals surface area (Å²) in [5.41, 5.74) is 1.85. The van der Waals surface area contributed by atoms with Crippen LogP contribution in [0.4, 0.5) is 0 Å². The molecule has 3 aromatic heterocycles. The molecule has 0 radical (unpaired) electrons. The van der Waals surface area contributed by atoms with Crippen LogP contribution < -0.4 is 0 Å². The van der Waals surface area contributed by atoms with Gasteiger partial charge in [0.2, 0.25) is 0 Å². The van der Waals surface area contributed by atoms with E-state index >= 15 is 0 Å². The summed E-state index contributed by atoms with van der Waals surface area (Å²) >= 11 is 11.7. The molecule has 0 saturated heterocycles. The van der Waals surface area contributed by atoms with Crippen LogP contribution in [0.2, 0.25) is 10.2 Å². The third-order valence-corrected chi connectivity index (χ3v) is 2.86. The fourth-order valence-corrected chi connectivity index (χ4v) is 1.72. The average molecular weight is 266 g/mol. The van der Waals surface area contributed by atoms with Gasteiger partial charge in [0.05, 0.1) is 16.7 Å². The quantitative estimate of drug-likeness (QED) is 0.687. The largest absolute Gasteiger partial charge is 0.335 e. The van der Waals surface area contributed by atoms with Crippen molar-refractivity contribution in [3.05, 3.63) is 34.8 Å². The van der Waals surface area contributed by atoms with E-state index in [-0.39, 0.29) is 5.15 Å². The molecule has 5 nitrogen and oxygen atoms in total. The van der Waals surface area contributed by atoms with Crippen molar-refractivity contribution in [1.29, 1.82) is 0 Å². The number of aromatic amines is 1. The van der Waals surface area contributed by atoms with E-state index in [1.165, 1.54) is 0 Å². The minimum atomic E-state index is 0.233. The second-order valence-corrected chi connectivity index (χ2v) is 4.07. The number of aromatic nitrogens is 5. The summed E-state index contributed by atoms with van der Waals surface area (Å²) in [6, 6.07) is 1.68. The van der Waals surface area contributed by atoms with Crippen molar-refractivity contribution in [1.82, 2.24) is 24.9 Å². The summed E-state index contributed by atoms with van der Waals surface area (Å²) in [4.78, 5) is 19.5. The molecule has 0 bridgehead atoms. The monoisotopic (exact) mass is 265 g/mol. The Kier molecular flexibility index (Phi) is 2.42. The van der Waals surface area contributed by atoms with Crippen LogP contribution in [0.5, 0.6) is 0 Å². The molecule has 0 aliphatic carbocycles. The third-order valence-electron chi connectivity index (χ3n) is 2.19. The summed E-state index contributed by atoms with van der Waals surface area (Å²) in [6.07, 6.45) is 4.80. The Balaban J connectivity index is 2.21. The molecule has 1 N–H and O–H groups in total. The minimum absolute atomic E-state index is 0.233. The molecule has 0 atom stereocenters. The average Bonchev–Trinajstić information content (AvgIpc) is 2.74. The van der Waals surface area contributed by atoms with E-state index in [4.69, 9.17) is 23.2 Å². The third kappa shape index (κ3) is 1.83. The fraction of sp³-hybridized carbons (Fsp3) is 0. The molecule has 3 heterocycles. The molecule has 0 saturated carbocycles. The van der Waals surface area contributed by atoms with Gasteiger partial charge in [-0.1, -0.05) is 23.2 Å². The van der Waals surface area contributed by atoms with Gasteiger partial charge in [0.25, 0.3) is 0 Å². The van der Waals surface area contributed by atoms with Gasteiger partial charge >= 0.3 is 0 Å². The van der Waals surface area contributed by atoms with Crippen molar-refractivity contribution in [3.8, 4) is 11.5 Å². The van der Waals surface area contributed by atoms with Crippen LogP contribution in [0.1, 0.15) is 0 Å². The fourth-order valence-electron chi connectivity index (χ4n) is 1.44. The van der Waals surface area contributed by atoms with E-state index < -0.39 is 0 Å². The number of nitrogens with one attached hydrogen (secondary N) is 1. The summed E-state index contributed by atoms with van der Waals surface area (Å²) in [5, 5.41) is 0.616. The number of halogens is 2. The van der Waals surface area contributed by atoms with Gasteiger partial charge in [-0.05, 0) is 6.07 Å². The van der Waals surface area contributed by atoms with E-state index in [2.05, 4.69) is 24.9 Å². The minimum Gasteiger partial charge on any atom is -0.335 e. The molecule has 7 heteroatoms. The molecular weight excluding hydrogens is 261 g/mol. The van der Waals surface area contributed by atoms with Gasteiger partial charge < -0.3 is 4.98 Å². The lowest BCUT2D eigenvalue weighted by molar-refractivity contribution is 1.16. The summed E-state index contributed by atoms with van der Waals surface area (Å²) in [5.74, 6) is 0.582. The van der Waals surface area contributed by atoms with Crippen LogP contribution in [0, 0.1) is 0 Å². The molecular formula is C10H5Cl2N5. The molecule has 0 spiro atoms. The molecule has 0 unspecified atom stereocenters.